The summed E-state index contributed by atoms with van der Waals surface area (Å²) in [5.74, 6) is 0.804. The summed E-state index contributed by atoms with van der Waals surface area (Å²) in [6, 6.07) is 12.3. The number of aryl methyl sites for hydroxylation is 1. The van der Waals surface area contributed by atoms with Crippen LogP contribution in [0.25, 0.3) is 0 Å². The first kappa shape index (κ1) is 31.1. The van der Waals surface area contributed by atoms with Gasteiger partial charge in [0.25, 0.3) is 5.69 Å². The maximum absolute atomic E-state index is 13.7. The number of rotatable bonds is 14. The Morgan fingerprint density at radius 3 is 2.27 bits per heavy atom. The van der Waals surface area contributed by atoms with Gasteiger partial charge >= 0.3 is 0 Å². The molecular formula is C28H35N3O7S2. The standard InChI is InChI=1S/C28H35N3O7S2/c1-20(2)17-30(40(35,36)24-9-7-23(8-10-24)31(33)34)19-28(32)29(18-27-21(3)13-15-39-27)14-12-22-6-11-25(37-4)26(16-22)38-5/h6-11,13,15-16,20H,12,14,17-19H2,1-5H3. The average molecular weight is 590 g/mol. The molecule has 0 saturated carbocycles. The molecule has 0 saturated heterocycles. The van der Waals surface area contributed by atoms with Crippen molar-refractivity contribution in [3.8, 4) is 11.5 Å². The summed E-state index contributed by atoms with van der Waals surface area (Å²) in [4.78, 5) is 26.8. The van der Waals surface area contributed by atoms with E-state index in [4.69, 9.17) is 9.47 Å². The molecule has 0 atom stereocenters. The number of ether oxygens (including phenoxy) is 2. The monoisotopic (exact) mass is 589 g/mol. The zero-order valence-corrected chi connectivity index (χ0v) is 25.0. The van der Waals surface area contributed by atoms with Crippen molar-refractivity contribution in [1.82, 2.24) is 9.21 Å². The number of amides is 1. The molecule has 0 fully saturated rings. The molecule has 0 N–H and O–H groups in total. The molecule has 0 aliphatic carbocycles. The van der Waals surface area contributed by atoms with Crippen molar-refractivity contribution in [3.63, 3.8) is 0 Å². The Hall–Kier alpha value is -3.48. The molecule has 216 valence electrons. The summed E-state index contributed by atoms with van der Waals surface area (Å²) >= 11 is 1.55. The number of benzene rings is 2. The molecule has 0 aliphatic rings. The second-order valence-corrected chi connectivity index (χ2v) is 12.7. The number of thiophene rings is 1. The highest BCUT2D eigenvalue weighted by atomic mass is 32.2. The highest BCUT2D eigenvalue weighted by Crippen LogP contribution is 2.28. The summed E-state index contributed by atoms with van der Waals surface area (Å²) in [7, 11) is -0.960. The number of nitro groups is 1. The van der Waals surface area contributed by atoms with Crippen LogP contribution in [0.5, 0.6) is 11.5 Å². The van der Waals surface area contributed by atoms with E-state index in [2.05, 4.69) is 0 Å². The van der Waals surface area contributed by atoms with E-state index in [1.54, 1.807) is 30.5 Å². The molecule has 0 spiro atoms. The van der Waals surface area contributed by atoms with Gasteiger partial charge in [0.1, 0.15) is 0 Å². The van der Waals surface area contributed by atoms with E-state index in [1.807, 2.05) is 50.4 Å². The lowest BCUT2D eigenvalue weighted by molar-refractivity contribution is -0.384. The van der Waals surface area contributed by atoms with Crippen molar-refractivity contribution in [2.45, 2.75) is 38.6 Å². The summed E-state index contributed by atoms with van der Waals surface area (Å²) in [5, 5.41) is 13.0. The first-order valence-corrected chi connectivity index (χ1v) is 15.0. The Labute approximate surface area is 239 Å². The van der Waals surface area contributed by atoms with Gasteiger partial charge in [0.2, 0.25) is 15.9 Å². The predicted molar refractivity (Wildman–Crippen MR) is 154 cm³/mol. The van der Waals surface area contributed by atoms with Gasteiger partial charge < -0.3 is 14.4 Å². The molecule has 0 aliphatic heterocycles. The third kappa shape index (κ3) is 7.80. The van der Waals surface area contributed by atoms with Crippen LogP contribution in [-0.4, -0.2) is 62.3 Å². The fraction of sp³-hybridized carbons (Fsp3) is 0.393. The van der Waals surface area contributed by atoms with Crippen molar-refractivity contribution in [2.24, 2.45) is 5.92 Å². The number of nitrogens with zero attached hydrogens (tertiary/aromatic N) is 3. The Kier molecular flexibility index (Phi) is 10.7. The molecule has 3 aromatic rings. The minimum absolute atomic E-state index is 0.0552. The lowest BCUT2D eigenvalue weighted by atomic mass is 10.1. The second-order valence-electron chi connectivity index (χ2n) is 9.72. The molecule has 10 nitrogen and oxygen atoms in total. The van der Waals surface area contributed by atoms with Crippen molar-refractivity contribution in [3.05, 3.63) is 80.0 Å². The maximum atomic E-state index is 13.7. The predicted octanol–water partition coefficient (Wildman–Crippen LogP) is 4.90. The third-order valence-electron chi connectivity index (χ3n) is 6.34. The van der Waals surface area contributed by atoms with Crippen LogP contribution < -0.4 is 9.47 Å². The van der Waals surface area contributed by atoms with Crippen LogP contribution in [0.1, 0.15) is 29.9 Å². The molecular weight excluding hydrogens is 554 g/mol. The number of non-ortho nitro benzene ring substituents is 1. The maximum Gasteiger partial charge on any atom is 0.269 e. The summed E-state index contributed by atoms with van der Waals surface area (Å²) in [5.41, 5.74) is 1.79. The minimum Gasteiger partial charge on any atom is -0.493 e. The highest BCUT2D eigenvalue weighted by molar-refractivity contribution is 7.89. The normalized spacial score (nSPS) is 11.6. The third-order valence-corrected chi connectivity index (χ3v) is 9.17. The smallest absolute Gasteiger partial charge is 0.269 e. The van der Waals surface area contributed by atoms with Crippen LogP contribution >= 0.6 is 11.3 Å². The van der Waals surface area contributed by atoms with Crippen LogP contribution in [0.3, 0.4) is 0 Å². The van der Waals surface area contributed by atoms with Crippen LogP contribution in [-0.2, 0) is 27.8 Å². The van der Waals surface area contributed by atoms with Gasteiger partial charge in [-0.1, -0.05) is 19.9 Å². The number of nitro benzene ring substituents is 1. The van der Waals surface area contributed by atoms with Gasteiger partial charge in [-0.05, 0) is 66.1 Å². The first-order chi connectivity index (χ1) is 19.0. The molecule has 2 aromatic carbocycles. The van der Waals surface area contributed by atoms with Gasteiger partial charge in [0, 0.05) is 30.1 Å². The average Bonchev–Trinajstić information content (AvgIpc) is 3.33. The molecule has 1 aromatic heterocycles. The van der Waals surface area contributed by atoms with Crippen LogP contribution in [0.15, 0.2) is 58.8 Å². The van der Waals surface area contributed by atoms with Crippen molar-refractivity contribution >= 4 is 33.0 Å². The number of hydrogen-bond donors (Lipinski definition) is 0. The van der Waals surface area contributed by atoms with Crippen LogP contribution in [0.4, 0.5) is 5.69 Å². The Morgan fingerprint density at radius 1 is 1.05 bits per heavy atom. The van der Waals surface area contributed by atoms with E-state index < -0.39 is 14.9 Å². The van der Waals surface area contributed by atoms with Crippen LogP contribution in [0.2, 0.25) is 0 Å². The Morgan fingerprint density at radius 2 is 1.73 bits per heavy atom. The van der Waals surface area contributed by atoms with Crippen molar-refractivity contribution < 1.29 is 27.6 Å². The Bertz CT molecular complexity index is 1420. The number of carbonyl (C=O) groups excluding carboxylic acids is 1. The van der Waals surface area contributed by atoms with Gasteiger partial charge in [-0.3, -0.25) is 14.9 Å². The van der Waals surface area contributed by atoms with Gasteiger partial charge in [-0.15, -0.1) is 11.3 Å². The van der Waals surface area contributed by atoms with Gasteiger partial charge in [-0.25, -0.2) is 8.42 Å². The molecule has 0 bridgehead atoms. The lowest BCUT2D eigenvalue weighted by Gasteiger charge is -2.28. The minimum atomic E-state index is -4.09. The molecule has 3 rings (SSSR count). The molecule has 1 heterocycles. The molecule has 12 heteroatoms. The highest BCUT2D eigenvalue weighted by Gasteiger charge is 2.30. The second kappa shape index (κ2) is 13.7. The van der Waals surface area contributed by atoms with E-state index in [0.717, 1.165) is 32.4 Å². The quantitative estimate of drug-likeness (QED) is 0.194. The van der Waals surface area contributed by atoms with Crippen molar-refractivity contribution in [2.75, 3.05) is 33.9 Å². The van der Waals surface area contributed by atoms with E-state index in [0.29, 0.717) is 31.0 Å². The summed E-state index contributed by atoms with van der Waals surface area (Å²) in [6.07, 6.45) is 0.524. The summed E-state index contributed by atoms with van der Waals surface area (Å²) in [6.45, 7) is 6.19. The largest absolute Gasteiger partial charge is 0.493 e. The Balaban J connectivity index is 1.87. The molecule has 40 heavy (non-hydrogen) atoms. The van der Waals surface area contributed by atoms with Gasteiger partial charge in [0.15, 0.2) is 11.5 Å². The van der Waals surface area contributed by atoms with Gasteiger partial charge in [0.05, 0.1) is 37.1 Å². The van der Waals surface area contributed by atoms with E-state index in [9.17, 15) is 23.3 Å². The fourth-order valence-electron chi connectivity index (χ4n) is 4.13. The lowest BCUT2D eigenvalue weighted by Crippen LogP contribution is -2.44. The SMILES string of the molecule is COc1ccc(CCN(Cc2sccc2C)C(=O)CN(CC(C)C)S(=O)(=O)c2ccc([N+](=O)[O-])cc2)cc1OC. The number of methoxy groups -OCH3 is 2. The van der Waals surface area contributed by atoms with E-state index >= 15 is 0 Å². The molecule has 1 amide bonds. The van der Waals surface area contributed by atoms with E-state index in [-0.39, 0.29) is 35.5 Å². The number of sulfonamides is 1. The summed E-state index contributed by atoms with van der Waals surface area (Å²) < 4.78 is 39.0. The van der Waals surface area contributed by atoms with E-state index in [1.165, 1.54) is 12.1 Å². The fourth-order valence-corrected chi connectivity index (χ4v) is 6.60. The number of hydrogen-bond acceptors (Lipinski definition) is 8. The van der Waals surface area contributed by atoms with Crippen molar-refractivity contribution in [1.29, 1.82) is 0 Å². The molecule has 0 radical (unpaired) electrons. The van der Waals surface area contributed by atoms with Crippen LogP contribution in [0, 0.1) is 23.0 Å². The number of carbonyl (C=O) groups is 1. The first-order valence-electron chi connectivity index (χ1n) is 12.7. The zero-order chi connectivity index (χ0) is 29.4. The molecule has 0 unspecified atom stereocenters. The van der Waals surface area contributed by atoms with Gasteiger partial charge in [-0.2, -0.15) is 4.31 Å². The zero-order valence-electron chi connectivity index (χ0n) is 23.3. The topological polar surface area (TPSA) is 119 Å².